The molecule has 3 N–H and O–H groups in total. The molecule has 6 nitrogen and oxygen atoms in total. The van der Waals surface area contributed by atoms with E-state index in [0.29, 0.717) is 5.92 Å². The zero-order valence-electron chi connectivity index (χ0n) is 11.5. The Labute approximate surface area is 108 Å². The van der Waals surface area contributed by atoms with Gasteiger partial charge in [0.05, 0.1) is 6.04 Å². The molecule has 1 aliphatic rings. The fourth-order valence-corrected chi connectivity index (χ4v) is 2.35. The number of piperidine rings is 1. The van der Waals surface area contributed by atoms with E-state index in [-0.39, 0.29) is 11.9 Å². The summed E-state index contributed by atoms with van der Waals surface area (Å²) in [6.07, 6.45) is 2.30. The first kappa shape index (κ1) is 14.9. The lowest BCUT2D eigenvalue weighted by Crippen LogP contribution is -2.52. The van der Waals surface area contributed by atoms with E-state index in [1.807, 2.05) is 14.0 Å². The molecule has 0 aliphatic carbocycles. The SMILES string of the molecule is CNCC1CCCN(C(C)C(=O)NC(=O)NC)C1. The molecule has 1 heterocycles. The van der Waals surface area contributed by atoms with Crippen molar-refractivity contribution in [3.05, 3.63) is 0 Å². The average molecular weight is 256 g/mol. The largest absolute Gasteiger partial charge is 0.341 e. The molecule has 0 saturated carbocycles. The highest BCUT2D eigenvalue weighted by molar-refractivity contribution is 5.96. The van der Waals surface area contributed by atoms with E-state index in [2.05, 4.69) is 20.9 Å². The van der Waals surface area contributed by atoms with E-state index in [4.69, 9.17) is 0 Å². The Morgan fingerprint density at radius 1 is 1.39 bits per heavy atom. The number of hydrogen-bond donors (Lipinski definition) is 3. The lowest BCUT2D eigenvalue weighted by Gasteiger charge is -2.35. The highest BCUT2D eigenvalue weighted by Crippen LogP contribution is 2.17. The van der Waals surface area contributed by atoms with Gasteiger partial charge in [0.1, 0.15) is 0 Å². The van der Waals surface area contributed by atoms with Crippen molar-refractivity contribution in [3.63, 3.8) is 0 Å². The number of rotatable bonds is 4. The van der Waals surface area contributed by atoms with Gasteiger partial charge in [-0.1, -0.05) is 0 Å². The minimum Gasteiger partial charge on any atom is -0.341 e. The van der Waals surface area contributed by atoms with Gasteiger partial charge in [0.15, 0.2) is 0 Å². The first-order chi connectivity index (χ1) is 8.58. The third-order valence-corrected chi connectivity index (χ3v) is 3.43. The Balaban J connectivity index is 2.47. The van der Waals surface area contributed by atoms with Gasteiger partial charge >= 0.3 is 6.03 Å². The minimum absolute atomic E-state index is 0.237. The van der Waals surface area contributed by atoms with Crippen LogP contribution in [0.15, 0.2) is 0 Å². The number of urea groups is 1. The molecule has 1 aliphatic heterocycles. The van der Waals surface area contributed by atoms with Gasteiger partial charge < -0.3 is 10.6 Å². The maximum absolute atomic E-state index is 11.8. The Hall–Kier alpha value is -1.14. The maximum atomic E-state index is 11.8. The highest BCUT2D eigenvalue weighted by Gasteiger charge is 2.27. The smallest absolute Gasteiger partial charge is 0.321 e. The van der Waals surface area contributed by atoms with Gasteiger partial charge in [-0.15, -0.1) is 0 Å². The summed E-state index contributed by atoms with van der Waals surface area (Å²) in [6.45, 7) is 4.64. The molecular weight excluding hydrogens is 232 g/mol. The molecule has 1 rings (SSSR count). The van der Waals surface area contributed by atoms with Crippen LogP contribution in [0.2, 0.25) is 0 Å². The Bertz CT molecular complexity index is 294. The highest BCUT2D eigenvalue weighted by atomic mass is 16.2. The molecule has 1 saturated heterocycles. The zero-order chi connectivity index (χ0) is 13.5. The molecule has 0 spiro atoms. The monoisotopic (exact) mass is 256 g/mol. The van der Waals surface area contributed by atoms with E-state index >= 15 is 0 Å². The van der Waals surface area contributed by atoms with Gasteiger partial charge in [-0.05, 0) is 45.8 Å². The van der Waals surface area contributed by atoms with Crippen LogP contribution >= 0.6 is 0 Å². The fraction of sp³-hybridized carbons (Fsp3) is 0.833. The standard InChI is InChI=1S/C12H24N4O2/c1-9(11(17)15-12(18)14-3)16-6-4-5-10(8-16)7-13-2/h9-10,13H,4-8H2,1-3H3,(H2,14,15,17,18). The molecule has 0 aromatic carbocycles. The molecule has 2 atom stereocenters. The molecule has 18 heavy (non-hydrogen) atoms. The van der Waals surface area contributed by atoms with Crippen molar-refractivity contribution >= 4 is 11.9 Å². The molecule has 1 fully saturated rings. The molecular formula is C12H24N4O2. The summed E-state index contributed by atoms with van der Waals surface area (Å²) in [6, 6.07) is -0.711. The Morgan fingerprint density at radius 2 is 2.11 bits per heavy atom. The molecule has 0 aromatic rings. The van der Waals surface area contributed by atoms with Crippen molar-refractivity contribution in [1.29, 1.82) is 0 Å². The molecule has 0 radical (unpaired) electrons. The number of hydrogen-bond acceptors (Lipinski definition) is 4. The molecule has 104 valence electrons. The Morgan fingerprint density at radius 3 is 2.72 bits per heavy atom. The minimum atomic E-state index is -0.448. The normalized spacial score (nSPS) is 22.3. The summed E-state index contributed by atoms with van der Waals surface area (Å²) in [7, 11) is 3.44. The van der Waals surface area contributed by atoms with Crippen molar-refractivity contribution in [1.82, 2.24) is 20.9 Å². The molecule has 0 bridgehead atoms. The summed E-state index contributed by atoms with van der Waals surface area (Å²) in [5.74, 6) is 0.346. The fourth-order valence-electron chi connectivity index (χ4n) is 2.35. The van der Waals surface area contributed by atoms with Crippen LogP contribution in [-0.2, 0) is 4.79 Å². The van der Waals surface area contributed by atoms with Gasteiger partial charge in [-0.25, -0.2) is 4.79 Å². The van der Waals surface area contributed by atoms with Crippen LogP contribution < -0.4 is 16.0 Å². The van der Waals surface area contributed by atoms with Crippen LogP contribution in [0.3, 0.4) is 0 Å². The van der Waals surface area contributed by atoms with Crippen LogP contribution in [0.25, 0.3) is 0 Å². The van der Waals surface area contributed by atoms with Gasteiger partial charge in [0.2, 0.25) is 5.91 Å². The van der Waals surface area contributed by atoms with Crippen LogP contribution in [0, 0.1) is 5.92 Å². The zero-order valence-corrected chi connectivity index (χ0v) is 11.5. The predicted octanol–water partition coefficient (Wildman–Crippen LogP) is -0.238. The van der Waals surface area contributed by atoms with Crippen molar-refractivity contribution in [2.75, 3.05) is 33.7 Å². The second kappa shape index (κ2) is 7.33. The van der Waals surface area contributed by atoms with E-state index in [1.165, 1.54) is 13.5 Å². The quantitative estimate of drug-likeness (QED) is 0.649. The topological polar surface area (TPSA) is 73.5 Å². The number of nitrogens with zero attached hydrogens (tertiary/aromatic N) is 1. The van der Waals surface area contributed by atoms with Crippen LogP contribution in [0.4, 0.5) is 4.79 Å². The van der Waals surface area contributed by atoms with Crippen LogP contribution in [-0.4, -0.2) is 56.6 Å². The number of imide groups is 1. The number of amides is 3. The van der Waals surface area contributed by atoms with Crippen molar-refractivity contribution < 1.29 is 9.59 Å². The number of likely N-dealkylation sites (tertiary alicyclic amines) is 1. The second-order valence-electron chi connectivity index (χ2n) is 4.81. The number of carbonyl (C=O) groups excluding carboxylic acids is 2. The van der Waals surface area contributed by atoms with Gasteiger partial charge in [-0.3, -0.25) is 15.0 Å². The van der Waals surface area contributed by atoms with Gasteiger partial charge in [0, 0.05) is 13.6 Å². The van der Waals surface area contributed by atoms with Crippen LogP contribution in [0.1, 0.15) is 19.8 Å². The summed E-state index contributed by atoms with van der Waals surface area (Å²) in [5, 5.41) is 7.89. The van der Waals surface area contributed by atoms with E-state index in [0.717, 1.165) is 26.1 Å². The summed E-state index contributed by atoms with van der Waals surface area (Å²) < 4.78 is 0. The molecule has 3 amide bonds. The lowest BCUT2D eigenvalue weighted by atomic mass is 9.97. The molecule has 2 unspecified atom stereocenters. The van der Waals surface area contributed by atoms with Crippen molar-refractivity contribution in [3.8, 4) is 0 Å². The molecule has 6 heteroatoms. The van der Waals surface area contributed by atoms with Gasteiger partial charge in [-0.2, -0.15) is 0 Å². The summed E-state index contributed by atoms with van der Waals surface area (Å²) >= 11 is 0. The predicted molar refractivity (Wildman–Crippen MR) is 70.3 cm³/mol. The first-order valence-electron chi connectivity index (χ1n) is 6.49. The van der Waals surface area contributed by atoms with Crippen molar-refractivity contribution in [2.45, 2.75) is 25.8 Å². The van der Waals surface area contributed by atoms with Crippen LogP contribution in [0.5, 0.6) is 0 Å². The van der Waals surface area contributed by atoms with E-state index in [1.54, 1.807) is 0 Å². The second-order valence-corrected chi connectivity index (χ2v) is 4.81. The number of nitrogens with one attached hydrogen (secondary N) is 3. The Kier molecular flexibility index (Phi) is 6.07. The molecule has 0 aromatic heterocycles. The third-order valence-electron chi connectivity index (χ3n) is 3.43. The summed E-state index contributed by atoms with van der Waals surface area (Å²) in [5.41, 5.74) is 0. The number of carbonyl (C=O) groups is 2. The lowest BCUT2D eigenvalue weighted by molar-refractivity contribution is -0.125. The van der Waals surface area contributed by atoms with E-state index < -0.39 is 6.03 Å². The first-order valence-corrected chi connectivity index (χ1v) is 6.49. The maximum Gasteiger partial charge on any atom is 0.321 e. The van der Waals surface area contributed by atoms with E-state index in [9.17, 15) is 9.59 Å². The summed E-state index contributed by atoms with van der Waals surface area (Å²) in [4.78, 5) is 25.1. The average Bonchev–Trinajstić information content (AvgIpc) is 2.38. The third kappa shape index (κ3) is 4.27. The van der Waals surface area contributed by atoms with Crippen molar-refractivity contribution in [2.24, 2.45) is 5.92 Å². The van der Waals surface area contributed by atoms with Gasteiger partial charge in [0.25, 0.3) is 0 Å².